The standard InChI is InChI=1S/C22H23ClN4O3S2/c23-21-6-5-20(31-21)9-14-32(29,30)25-10-7-17-8-12-26(15-17)22(28)18-1-3-19(4-2-18)27-13-11-24-16-27/h1-6,9,11,13-14,16-17,25H,7-8,10,12,15H2/b14-9+/t17-/m0/s1. The van der Waals surface area contributed by atoms with Crippen molar-refractivity contribution in [3.8, 4) is 5.69 Å². The molecule has 1 aromatic carbocycles. The first-order valence-corrected chi connectivity index (χ1v) is 12.9. The number of hydrogen-bond donors (Lipinski definition) is 1. The highest BCUT2D eigenvalue weighted by Gasteiger charge is 2.27. The highest BCUT2D eigenvalue weighted by molar-refractivity contribution is 7.92. The lowest BCUT2D eigenvalue weighted by atomic mass is 10.1. The second-order valence-electron chi connectivity index (χ2n) is 7.60. The third-order valence-corrected chi connectivity index (χ3v) is 7.65. The number of rotatable bonds is 8. The van der Waals surface area contributed by atoms with Crippen LogP contribution in [0.3, 0.4) is 0 Å². The van der Waals surface area contributed by atoms with Crippen LogP contribution in [0.4, 0.5) is 0 Å². The summed E-state index contributed by atoms with van der Waals surface area (Å²) in [5.41, 5.74) is 1.59. The molecule has 1 aliphatic heterocycles. The largest absolute Gasteiger partial charge is 0.338 e. The first-order valence-electron chi connectivity index (χ1n) is 10.2. The molecule has 4 rings (SSSR count). The number of benzene rings is 1. The molecule has 1 saturated heterocycles. The first-order chi connectivity index (χ1) is 15.4. The molecule has 0 spiro atoms. The molecule has 3 aromatic rings. The van der Waals surface area contributed by atoms with Crippen molar-refractivity contribution < 1.29 is 13.2 Å². The minimum Gasteiger partial charge on any atom is -0.338 e. The van der Waals surface area contributed by atoms with Crippen LogP contribution in [0, 0.1) is 5.92 Å². The summed E-state index contributed by atoms with van der Waals surface area (Å²) in [6.45, 7) is 1.65. The van der Waals surface area contributed by atoms with Crippen LogP contribution in [0.5, 0.6) is 0 Å². The Hall–Kier alpha value is -2.46. The van der Waals surface area contributed by atoms with Crippen LogP contribution in [-0.4, -0.2) is 48.4 Å². The van der Waals surface area contributed by atoms with Gasteiger partial charge in [0.1, 0.15) is 0 Å². The highest BCUT2D eigenvalue weighted by Crippen LogP contribution is 2.23. The maximum atomic E-state index is 12.8. The number of aromatic nitrogens is 2. The Kier molecular flexibility index (Phi) is 7.10. The molecule has 0 radical (unpaired) electrons. The summed E-state index contributed by atoms with van der Waals surface area (Å²) in [7, 11) is -3.51. The summed E-state index contributed by atoms with van der Waals surface area (Å²) >= 11 is 7.17. The molecule has 1 N–H and O–H groups in total. The fourth-order valence-corrected chi connectivity index (χ4v) is 5.53. The van der Waals surface area contributed by atoms with Crippen molar-refractivity contribution in [3.05, 3.63) is 75.3 Å². The molecule has 1 fully saturated rings. The number of carbonyl (C=O) groups excluding carboxylic acids is 1. The second kappa shape index (κ2) is 9.99. The number of carbonyl (C=O) groups is 1. The molecule has 0 aliphatic carbocycles. The van der Waals surface area contributed by atoms with Gasteiger partial charge in [0.05, 0.1) is 10.7 Å². The van der Waals surface area contributed by atoms with E-state index in [1.807, 2.05) is 39.9 Å². The number of imidazole rings is 1. The van der Waals surface area contributed by atoms with Gasteiger partial charge in [0.25, 0.3) is 5.91 Å². The molecule has 2 aromatic heterocycles. The van der Waals surface area contributed by atoms with Gasteiger partial charge in [-0.2, -0.15) is 0 Å². The number of likely N-dealkylation sites (tertiary alicyclic amines) is 1. The van der Waals surface area contributed by atoms with Crippen molar-refractivity contribution in [3.63, 3.8) is 0 Å². The van der Waals surface area contributed by atoms with E-state index in [1.165, 1.54) is 17.4 Å². The van der Waals surface area contributed by atoms with E-state index in [2.05, 4.69) is 9.71 Å². The van der Waals surface area contributed by atoms with Gasteiger partial charge in [0, 0.05) is 53.6 Å². The second-order valence-corrected chi connectivity index (χ2v) is 11.0. The third-order valence-electron chi connectivity index (χ3n) is 5.35. The van der Waals surface area contributed by atoms with Gasteiger partial charge in [0.15, 0.2) is 0 Å². The average molecular weight is 491 g/mol. The maximum absolute atomic E-state index is 12.8. The van der Waals surface area contributed by atoms with Gasteiger partial charge in [-0.1, -0.05) is 11.6 Å². The lowest BCUT2D eigenvalue weighted by Gasteiger charge is -2.17. The van der Waals surface area contributed by atoms with E-state index < -0.39 is 10.0 Å². The van der Waals surface area contributed by atoms with Crippen molar-refractivity contribution in [1.82, 2.24) is 19.2 Å². The van der Waals surface area contributed by atoms with Crippen molar-refractivity contribution in [2.24, 2.45) is 5.92 Å². The molecule has 0 unspecified atom stereocenters. The van der Waals surface area contributed by atoms with Gasteiger partial charge in [-0.3, -0.25) is 4.79 Å². The van der Waals surface area contributed by atoms with Crippen LogP contribution < -0.4 is 4.72 Å². The zero-order chi connectivity index (χ0) is 22.6. The number of halogens is 1. The van der Waals surface area contributed by atoms with Crippen molar-refractivity contribution in [2.75, 3.05) is 19.6 Å². The Balaban J connectivity index is 1.24. The fraction of sp³-hybridized carbons (Fsp3) is 0.273. The van der Waals surface area contributed by atoms with Gasteiger partial charge in [-0.05, 0) is 61.2 Å². The minimum absolute atomic E-state index is 0.00260. The minimum atomic E-state index is -3.51. The Labute approximate surface area is 196 Å². The van der Waals surface area contributed by atoms with Crippen LogP contribution in [0.2, 0.25) is 4.34 Å². The quantitative estimate of drug-likeness (QED) is 0.516. The van der Waals surface area contributed by atoms with E-state index >= 15 is 0 Å². The van der Waals surface area contributed by atoms with Crippen LogP contribution in [0.1, 0.15) is 28.1 Å². The van der Waals surface area contributed by atoms with Crippen LogP contribution >= 0.6 is 22.9 Å². The Bertz CT molecular complexity index is 1190. The van der Waals surface area contributed by atoms with Crippen molar-refractivity contribution >= 4 is 44.9 Å². The summed E-state index contributed by atoms with van der Waals surface area (Å²) in [5, 5.41) is 1.16. The zero-order valence-corrected chi connectivity index (χ0v) is 19.6. The molecule has 3 heterocycles. The van der Waals surface area contributed by atoms with Gasteiger partial charge < -0.3 is 9.47 Å². The van der Waals surface area contributed by atoms with E-state index in [4.69, 9.17) is 11.6 Å². The molecule has 7 nitrogen and oxygen atoms in total. The molecular weight excluding hydrogens is 468 g/mol. The summed E-state index contributed by atoms with van der Waals surface area (Å²) in [4.78, 5) is 19.5. The normalized spacial score (nSPS) is 16.8. The molecule has 1 amide bonds. The lowest BCUT2D eigenvalue weighted by Crippen LogP contribution is -2.29. The highest BCUT2D eigenvalue weighted by atomic mass is 35.5. The van der Waals surface area contributed by atoms with E-state index in [0.717, 1.165) is 22.4 Å². The number of nitrogens with zero attached hydrogens (tertiary/aromatic N) is 3. The van der Waals surface area contributed by atoms with Crippen molar-refractivity contribution in [1.29, 1.82) is 0 Å². The summed E-state index contributed by atoms with van der Waals surface area (Å²) in [5.74, 6) is 0.273. The van der Waals surface area contributed by atoms with Crippen LogP contribution in [0.15, 0.2) is 60.5 Å². The smallest absolute Gasteiger partial charge is 0.253 e. The first kappa shape index (κ1) is 22.7. The Morgan fingerprint density at radius 3 is 2.75 bits per heavy atom. The number of hydrogen-bond acceptors (Lipinski definition) is 5. The number of nitrogens with one attached hydrogen (secondary N) is 1. The lowest BCUT2D eigenvalue weighted by molar-refractivity contribution is 0.0786. The maximum Gasteiger partial charge on any atom is 0.253 e. The Morgan fingerprint density at radius 2 is 2.06 bits per heavy atom. The summed E-state index contributed by atoms with van der Waals surface area (Å²) in [6, 6.07) is 10.9. The SMILES string of the molecule is O=C(c1ccc(-n2ccnc2)cc1)N1CC[C@H](CCNS(=O)(=O)/C=C/c2ccc(Cl)s2)C1. The van der Waals surface area contributed by atoms with E-state index in [0.29, 0.717) is 36.0 Å². The molecule has 1 atom stereocenters. The number of amides is 1. The van der Waals surface area contributed by atoms with Crippen LogP contribution in [-0.2, 0) is 10.0 Å². The topological polar surface area (TPSA) is 84.3 Å². The van der Waals surface area contributed by atoms with Crippen LogP contribution in [0.25, 0.3) is 11.8 Å². The molecular formula is C22H23ClN4O3S2. The van der Waals surface area contributed by atoms with E-state index in [9.17, 15) is 13.2 Å². The molecule has 168 valence electrons. The Morgan fingerprint density at radius 1 is 1.25 bits per heavy atom. The van der Waals surface area contributed by atoms with Gasteiger partial charge >= 0.3 is 0 Å². The van der Waals surface area contributed by atoms with Crippen molar-refractivity contribution in [2.45, 2.75) is 12.8 Å². The van der Waals surface area contributed by atoms with Gasteiger partial charge in [-0.15, -0.1) is 11.3 Å². The van der Waals surface area contributed by atoms with E-state index in [-0.39, 0.29) is 11.8 Å². The summed E-state index contributed by atoms with van der Waals surface area (Å²) < 4.78 is 29.4. The zero-order valence-electron chi connectivity index (χ0n) is 17.2. The predicted octanol–water partition coefficient (Wildman–Crippen LogP) is 4.03. The average Bonchev–Trinajstić information content (AvgIpc) is 3.54. The van der Waals surface area contributed by atoms with Gasteiger partial charge in [0.2, 0.25) is 10.0 Å². The number of sulfonamides is 1. The molecule has 32 heavy (non-hydrogen) atoms. The molecule has 0 saturated carbocycles. The summed E-state index contributed by atoms with van der Waals surface area (Å²) in [6.07, 6.45) is 8.35. The number of thiophene rings is 1. The fourth-order valence-electron chi connectivity index (χ4n) is 3.65. The van der Waals surface area contributed by atoms with Gasteiger partial charge in [-0.25, -0.2) is 18.1 Å². The molecule has 0 bridgehead atoms. The third kappa shape index (κ3) is 5.86. The molecule has 1 aliphatic rings. The molecule has 10 heteroatoms. The van der Waals surface area contributed by atoms with E-state index in [1.54, 1.807) is 24.7 Å². The predicted molar refractivity (Wildman–Crippen MR) is 127 cm³/mol. The monoisotopic (exact) mass is 490 g/mol.